The van der Waals surface area contributed by atoms with Gasteiger partial charge in [0.2, 0.25) is 0 Å². The fourth-order valence-electron chi connectivity index (χ4n) is 2.25. The molecular formula is C16H11N3. The molecule has 0 spiro atoms. The zero-order valence-corrected chi connectivity index (χ0v) is 10.2. The summed E-state index contributed by atoms with van der Waals surface area (Å²) in [4.78, 5) is 4.09. The van der Waals surface area contributed by atoms with Crippen LogP contribution in [0.25, 0.3) is 21.9 Å². The van der Waals surface area contributed by atoms with E-state index in [0.717, 1.165) is 21.9 Å². The predicted octanol–water partition coefficient (Wildman–Crippen LogP) is 3.36. The summed E-state index contributed by atoms with van der Waals surface area (Å²) in [6.45, 7) is 0. The van der Waals surface area contributed by atoms with E-state index in [0.29, 0.717) is 11.3 Å². The first-order valence-corrected chi connectivity index (χ1v) is 5.93. The molecule has 0 radical (unpaired) electrons. The van der Waals surface area contributed by atoms with Gasteiger partial charge in [0.1, 0.15) is 6.07 Å². The monoisotopic (exact) mass is 245 g/mol. The number of anilines is 1. The minimum Gasteiger partial charge on any atom is -0.398 e. The van der Waals surface area contributed by atoms with Gasteiger partial charge in [-0.1, -0.05) is 36.4 Å². The van der Waals surface area contributed by atoms with Crippen molar-refractivity contribution in [3.8, 4) is 17.2 Å². The highest BCUT2D eigenvalue weighted by atomic mass is 14.7. The van der Waals surface area contributed by atoms with Gasteiger partial charge in [0.05, 0.1) is 5.56 Å². The van der Waals surface area contributed by atoms with Gasteiger partial charge in [0.15, 0.2) is 0 Å². The first-order valence-electron chi connectivity index (χ1n) is 5.93. The van der Waals surface area contributed by atoms with Gasteiger partial charge in [0, 0.05) is 34.6 Å². The average molecular weight is 245 g/mol. The number of nitrogens with zero attached hydrogens (tertiary/aromatic N) is 2. The van der Waals surface area contributed by atoms with E-state index in [2.05, 4.69) is 11.1 Å². The van der Waals surface area contributed by atoms with Gasteiger partial charge in [0.25, 0.3) is 0 Å². The number of nitriles is 1. The standard InChI is InChI=1S/C16H11N3/c17-9-14-12-4-2-1-3-11(12)5-6-13(14)15-10-19-8-7-16(15)18/h1-8,10H,(H2,18,19). The molecule has 0 amide bonds. The molecular weight excluding hydrogens is 234 g/mol. The summed E-state index contributed by atoms with van der Waals surface area (Å²) in [5.74, 6) is 0. The van der Waals surface area contributed by atoms with Gasteiger partial charge in [-0.05, 0) is 11.5 Å². The number of hydrogen-bond acceptors (Lipinski definition) is 3. The maximum Gasteiger partial charge on any atom is 0.100 e. The van der Waals surface area contributed by atoms with Gasteiger partial charge in [-0.3, -0.25) is 4.98 Å². The van der Waals surface area contributed by atoms with Crippen LogP contribution in [0.15, 0.2) is 54.9 Å². The van der Waals surface area contributed by atoms with Crippen molar-refractivity contribution in [2.45, 2.75) is 0 Å². The zero-order valence-electron chi connectivity index (χ0n) is 10.2. The Morgan fingerprint density at radius 2 is 1.84 bits per heavy atom. The quantitative estimate of drug-likeness (QED) is 0.715. The normalized spacial score (nSPS) is 10.3. The molecule has 0 aliphatic carbocycles. The van der Waals surface area contributed by atoms with Crippen molar-refractivity contribution in [2.24, 2.45) is 0 Å². The Labute approximate surface area is 110 Å². The number of nitrogens with two attached hydrogens (primary N) is 1. The molecule has 1 aromatic heterocycles. The SMILES string of the molecule is N#Cc1c(-c2cnccc2N)ccc2ccccc12. The number of pyridine rings is 1. The smallest absolute Gasteiger partial charge is 0.100 e. The Bertz CT molecular complexity index is 800. The fraction of sp³-hybridized carbons (Fsp3) is 0. The molecule has 0 aliphatic rings. The Balaban J connectivity index is 2.37. The maximum absolute atomic E-state index is 9.46. The molecule has 0 atom stereocenters. The van der Waals surface area contributed by atoms with Crippen molar-refractivity contribution < 1.29 is 0 Å². The number of hydrogen-bond donors (Lipinski definition) is 1. The van der Waals surface area contributed by atoms with E-state index in [1.165, 1.54) is 0 Å². The molecule has 0 unspecified atom stereocenters. The minimum absolute atomic E-state index is 0.627. The Morgan fingerprint density at radius 3 is 2.63 bits per heavy atom. The van der Waals surface area contributed by atoms with Crippen molar-refractivity contribution >= 4 is 16.5 Å². The number of fused-ring (bicyclic) bond motifs is 1. The molecule has 1 heterocycles. The summed E-state index contributed by atoms with van der Waals surface area (Å²) in [6, 6.07) is 15.8. The molecule has 2 aromatic carbocycles. The summed E-state index contributed by atoms with van der Waals surface area (Å²) in [6.07, 6.45) is 3.34. The van der Waals surface area contributed by atoms with Gasteiger partial charge < -0.3 is 5.73 Å². The third kappa shape index (κ3) is 1.80. The molecule has 3 nitrogen and oxygen atoms in total. The maximum atomic E-state index is 9.46. The van der Waals surface area contributed by atoms with Crippen LogP contribution in [-0.4, -0.2) is 4.98 Å². The van der Waals surface area contributed by atoms with Crippen LogP contribution in [0, 0.1) is 11.3 Å². The Morgan fingerprint density at radius 1 is 1.00 bits per heavy atom. The number of rotatable bonds is 1. The van der Waals surface area contributed by atoms with E-state index in [1.54, 1.807) is 18.5 Å². The Hall–Kier alpha value is -2.86. The molecule has 90 valence electrons. The largest absolute Gasteiger partial charge is 0.398 e. The summed E-state index contributed by atoms with van der Waals surface area (Å²) < 4.78 is 0. The number of aromatic nitrogens is 1. The molecule has 19 heavy (non-hydrogen) atoms. The first-order chi connectivity index (χ1) is 9.31. The fourth-order valence-corrected chi connectivity index (χ4v) is 2.25. The summed E-state index contributed by atoms with van der Waals surface area (Å²) in [5.41, 5.74) is 8.86. The highest BCUT2D eigenvalue weighted by Gasteiger charge is 2.11. The van der Waals surface area contributed by atoms with Crippen molar-refractivity contribution in [1.82, 2.24) is 4.98 Å². The lowest BCUT2D eigenvalue weighted by Crippen LogP contribution is -1.93. The van der Waals surface area contributed by atoms with E-state index >= 15 is 0 Å². The molecule has 3 heteroatoms. The third-order valence-electron chi connectivity index (χ3n) is 3.19. The van der Waals surface area contributed by atoms with Crippen molar-refractivity contribution in [3.05, 3.63) is 60.4 Å². The predicted molar refractivity (Wildman–Crippen MR) is 76.3 cm³/mol. The minimum atomic E-state index is 0.627. The lowest BCUT2D eigenvalue weighted by molar-refractivity contribution is 1.33. The first kappa shape index (κ1) is 11.2. The van der Waals surface area contributed by atoms with E-state index < -0.39 is 0 Å². The molecule has 0 saturated heterocycles. The van der Waals surface area contributed by atoms with Gasteiger partial charge in [-0.25, -0.2) is 0 Å². The summed E-state index contributed by atoms with van der Waals surface area (Å²) >= 11 is 0. The third-order valence-corrected chi connectivity index (χ3v) is 3.19. The second-order valence-electron chi connectivity index (χ2n) is 4.28. The van der Waals surface area contributed by atoms with Crippen LogP contribution in [-0.2, 0) is 0 Å². The topological polar surface area (TPSA) is 62.7 Å². The second kappa shape index (κ2) is 4.43. The highest BCUT2D eigenvalue weighted by molar-refractivity contribution is 5.95. The van der Waals surface area contributed by atoms with E-state index in [-0.39, 0.29) is 0 Å². The van der Waals surface area contributed by atoms with E-state index in [9.17, 15) is 5.26 Å². The van der Waals surface area contributed by atoms with Crippen LogP contribution in [0.2, 0.25) is 0 Å². The van der Waals surface area contributed by atoms with Crippen molar-refractivity contribution in [3.63, 3.8) is 0 Å². The van der Waals surface area contributed by atoms with Crippen LogP contribution >= 0.6 is 0 Å². The number of benzene rings is 2. The molecule has 0 saturated carbocycles. The molecule has 0 fully saturated rings. The number of nitrogen functional groups attached to an aromatic ring is 1. The van der Waals surface area contributed by atoms with Crippen molar-refractivity contribution in [1.29, 1.82) is 5.26 Å². The Kier molecular flexibility index (Phi) is 2.62. The zero-order chi connectivity index (χ0) is 13.2. The lowest BCUT2D eigenvalue weighted by atomic mass is 9.95. The van der Waals surface area contributed by atoms with Gasteiger partial charge in [-0.2, -0.15) is 5.26 Å². The summed E-state index contributed by atoms with van der Waals surface area (Å²) in [7, 11) is 0. The molecule has 3 rings (SSSR count). The van der Waals surface area contributed by atoms with E-state index in [4.69, 9.17) is 5.73 Å². The van der Waals surface area contributed by atoms with Crippen molar-refractivity contribution in [2.75, 3.05) is 5.73 Å². The van der Waals surface area contributed by atoms with Crippen LogP contribution in [0.3, 0.4) is 0 Å². The van der Waals surface area contributed by atoms with Gasteiger partial charge in [-0.15, -0.1) is 0 Å². The lowest BCUT2D eigenvalue weighted by Gasteiger charge is -2.09. The molecule has 2 N–H and O–H groups in total. The van der Waals surface area contributed by atoms with Gasteiger partial charge >= 0.3 is 0 Å². The molecule has 3 aromatic rings. The highest BCUT2D eigenvalue weighted by Crippen LogP contribution is 2.32. The average Bonchev–Trinajstić information content (AvgIpc) is 2.46. The van der Waals surface area contributed by atoms with Crippen LogP contribution in [0.1, 0.15) is 5.56 Å². The molecule has 0 aliphatic heterocycles. The van der Waals surface area contributed by atoms with Crippen LogP contribution in [0.4, 0.5) is 5.69 Å². The van der Waals surface area contributed by atoms with E-state index in [1.807, 2.05) is 36.4 Å². The molecule has 0 bridgehead atoms. The summed E-state index contributed by atoms with van der Waals surface area (Å²) in [5, 5.41) is 11.4. The van der Waals surface area contributed by atoms with Crippen LogP contribution < -0.4 is 5.73 Å². The van der Waals surface area contributed by atoms with Crippen LogP contribution in [0.5, 0.6) is 0 Å². The second-order valence-corrected chi connectivity index (χ2v) is 4.28.